The second-order valence-corrected chi connectivity index (χ2v) is 6.62. The average Bonchev–Trinajstić information content (AvgIpc) is 2.76. The van der Waals surface area contributed by atoms with Crippen LogP contribution >= 0.6 is 15.9 Å². The first-order chi connectivity index (χ1) is 9.75. The summed E-state index contributed by atoms with van der Waals surface area (Å²) in [6.07, 6.45) is 17.2. The summed E-state index contributed by atoms with van der Waals surface area (Å²) in [7, 11) is 2.12. The highest BCUT2D eigenvalue weighted by molar-refractivity contribution is 9.09. The molecule has 116 valence electrons. The van der Waals surface area contributed by atoms with Gasteiger partial charge in [0, 0.05) is 24.3 Å². The van der Waals surface area contributed by atoms with Gasteiger partial charge in [-0.25, -0.2) is 4.98 Å². The summed E-state index contributed by atoms with van der Waals surface area (Å²) < 4.78 is 2.22. The van der Waals surface area contributed by atoms with Gasteiger partial charge in [0.1, 0.15) is 5.82 Å². The molecule has 1 rings (SSSR count). The molecule has 0 aliphatic heterocycles. The predicted octanol–water partition coefficient (Wildman–Crippen LogP) is 5.57. The van der Waals surface area contributed by atoms with Crippen molar-refractivity contribution in [2.24, 2.45) is 7.05 Å². The van der Waals surface area contributed by atoms with Crippen LogP contribution in [-0.2, 0) is 13.5 Å². The zero-order chi connectivity index (χ0) is 14.6. The molecule has 0 spiro atoms. The molecule has 0 aliphatic carbocycles. The van der Waals surface area contributed by atoms with Crippen LogP contribution in [0.1, 0.15) is 75.7 Å². The van der Waals surface area contributed by atoms with Crippen molar-refractivity contribution >= 4 is 15.9 Å². The van der Waals surface area contributed by atoms with Gasteiger partial charge in [0.05, 0.1) is 0 Å². The van der Waals surface area contributed by atoms with Crippen LogP contribution < -0.4 is 0 Å². The van der Waals surface area contributed by atoms with Crippen molar-refractivity contribution in [1.82, 2.24) is 9.55 Å². The van der Waals surface area contributed by atoms with E-state index in [4.69, 9.17) is 0 Å². The maximum atomic E-state index is 4.35. The molecule has 1 aromatic heterocycles. The molecule has 0 N–H and O–H groups in total. The third-order valence-corrected chi connectivity index (χ3v) is 4.69. The molecule has 0 aliphatic rings. The largest absolute Gasteiger partial charge is 0.335 e. The van der Waals surface area contributed by atoms with Crippen molar-refractivity contribution in [3.63, 3.8) is 0 Å². The van der Waals surface area contributed by atoms with Crippen molar-refractivity contribution in [2.75, 3.05) is 5.33 Å². The fourth-order valence-electron chi connectivity index (χ4n) is 2.60. The second kappa shape index (κ2) is 11.4. The van der Waals surface area contributed by atoms with E-state index in [1.165, 1.54) is 81.7 Å². The van der Waals surface area contributed by atoms with Crippen molar-refractivity contribution < 1.29 is 0 Å². The lowest BCUT2D eigenvalue weighted by Gasteiger charge is -2.04. The van der Waals surface area contributed by atoms with Crippen LogP contribution in [0, 0.1) is 6.92 Å². The van der Waals surface area contributed by atoms with Crippen LogP contribution in [0.3, 0.4) is 0 Å². The number of halogens is 1. The Balaban J connectivity index is 1.87. The lowest BCUT2D eigenvalue weighted by atomic mass is 10.1. The van der Waals surface area contributed by atoms with Crippen molar-refractivity contribution in [3.05, 3.63) is 17.7 Å². The summed E-state index contributed by atoms with van der Waals surface area (Å²) in [5.41, 5.74) is 1.38. The highest BCUT2D eigenvalue weighted by Gasteiger charge is 2.01. The third-order valence-electron chi connectivity index (χ3n) is 4.13. The summed E-state index contributed by atoms with van der Waals surface area (Å²) in [6.45, 7) is 2.07. The fourth-order valence-corrected chi connectivity index (χ4v) is 2.99. The van der Waals surface area contributed by atoms with Gasteiger partial charge in [0.15, 0.2) is 0 Å². The zero-order valence-corrected chi connectivity index (χ0v) is 14.9. The molecule has 2 nitrogen and oxygen atoms in total. The topological polar surface area (TPSA) is 17.8 Å². The van der Waals surface area contributed by atoms with Gasteiger partial charge in [-0.3, -0.25) is 0 Å². The maximum absolute atomic E-state index is 4.35. The predicted molar refractivity (Wildman–Crippen MR) is 91.6 cm³/mol. The number of aromatic nitrogens is 2. The van der Waals surface area contributed by atoms with Crippen LogP contribution in [0.2, 0.25) is 0 Å². The monoisotopic (exact) mass is 342 g/mol. The lowest BCUT2D eigenvalue weighted by Crippen LogP contribution is -1.98. The first-order valence-electron chi connectivity index (χ1n) is 8.29. The quantitative estimate of drug-likeness (QED) is 0.358. The number of hydrogen-bond acceptors (Lipinski definition) is 1. The second-order valence-electron chi connectivity index (χ2n) is 5.83. The summed E-state index contributed by atoms with van der Waals surface area (Å²) in [4.78, 5) is 4.35. The highest BCUT2D eigenvalue weighted by atomic mass is 79.9. The fraction of sp³-hybridized carbons (Fsp3) is 0.824. The molecule has 0 saturated carbocycles. The van der Waals surface area contributed by atoms with Gasteiger partial charge in [0.25, 0.3) is 0 Å². The van der Waals surface area contributed by atoms with Gasteiger partial charge in [-0.2, -0.15) is 0 Å². The summed E-state index contributed by atoms with van der Waals surface area (Å²) >= 11 is 3.48. The molecule has 0 radical (unpaired) electrons. The Labute approximate surface area is 133 Å². The molecular formula is C17H31BrN2. The van der Waals surface area contributed by atoms with E-state index in [1.807, 2.05) is 6.20 Å². The minimum absolute atomic E-state index is 1.12. The van der Waals surface area contributed by atoms with Crippen molar-refractivity contribution in [1.29, 1.82) is 0 Å². The number of alkyl halides is 1. The zero-order valence-electron chi connectivity index (χ0n) is 13.3. The van der Waals surface area contributed by atoms with Gasteiger partial charge >= 0.3 is 0 Å². The Morgan fingerprint density at radius 1 is 0.900 bits per heavy atom. The maximum Gasteiger partial charge on any atom is 0.105 e. The van der Waals surface area contributed by atoms with Crippen molar-refractivity contribution in [3.8, 4) is 0 Å². The van der Waals surface area contributed by atoms with E-state index in [1.54, 1.807) is 0 Å². The molecule has 0 atom stereocenters. The van der Waals surface area contributed by atoms with E-state index in [-0.39, 0.29) is 0 Å². The molecule has 0 bridgehead atoms. The molecule has 0 unspecified atom stereocenters. The molecule has 0 fully saturated rings. The van der Waals surface area contributed by atoms with Gasteiger partial charge in [0.2, 0.25) is 0 Å². The Morgan fingerprint density at radius 3 is 1.85 bits per heavy atom. The van der Waals surface area contributed by atoms with Crippen LogP contribution in [0.4, 0.5) is 0 Å². The Kier molecular flexibility index (Phi) is 10.1. The van der Waals surface area contributed by atoms with E-state index in [9.17, 15) is 0 Å². The normalized spacial score (nSPS) is 11.2. The summed E-state index contributed by atoms with van der Waals surface area (Å²) in [5.74, 6) is 1.12. The van der Waals surface area contributed by atoms with Crippen molar-refractivity contribution in [2.45, 2.75) is 77.6 Å². The average molecular weight is 343 g/mol. The van der Waals surface area contributed by atoms with Gasteiger partial charge in [-0.05, 0) is 26.2 Å². The van der Waals surface area contributed by atoms with E-state index < -0.39 is 0 Å². The van der Waals surface area contributed by atoms with Crippen LogP contribution in [-0.4, -0.2) is 14.9 Å². The molecule has 0 amide bonds. The Bertz CT molecular complexity index is 347. The molecular weight excluding hydrogens is 312 g/mol. The molecule has 0 aromatic carbocycles. The minimum atomic E-state index is 1.12. The minimum Gasteiger partial charge on any atom is -0.335 e. The first-order valence-corrected chi connectivity index (χ1v) is 9.41. The standard InChI is InChI=1S/C17H31BrN2/c1-16-19-15-17(20(16)2)13-11-9-7-5-3-4-6-8-10-12-14-18/h15H,3-14H2,1-2H3. The lowest BCUT2D eigenvalue weighted by molar-refractivity contribution is 0.554. The number of hydrogen-bond donors (Lipinski definition) is 0. The number of nitrogens with zero attached hydrogens (tertiary/aromatic N) is 2. The first kappa shape index (κ1) is 17.7. The summed E-state index contributed by atoms with van der Waals surface area (Å²) in [6, 6.07) is 0. The van der Waals surface area contributed by atoms with Gasteiger partial charge < -0.3 is 4.57 Å². The Hall–Kier alpha value is -0.310. The highest BCUT2D eigenvalue weighted by Crippen LogP contribution is 2.13. The molecule has 1 aromatic rings. The van der Waals surface area contributed by atoms with Crippen LogP contribution in [0.15, 0.2) is 6.20 Å². The molecule has 0 saturated heterocycles. The number of unbranched alkanes of at least 4 members (excludes halogenated alkanes) is 9. The third kappa shape index (κ3) is 7.47. The SMILES string of the molecule is Cc1ncc(CCCCCCCCCCCCBr)n1C. The van der Waals surface area contributed by atoms with Gasteiger partial charge in [-0.15, -0.1) is 0 Å². The summed E-state index contributed by atoms with van der Waals surface area (Å²) in [5, 5.41) is 1.17. The van der Waals surface area contributed by atoms with E-state index in [0.29, 0.717) is 0 Å². The molecule has 20 heavy (non-hydrogen) atoms. The van der Waals surface area contributed by atoms with Crippen LogP contribution in [0.5, 0.6) is 0 Å². The van der Waals surface area contributed by atoms with Crippen LogP contribution in [0.25, 0.3) is 0 Å². The number of imidazole rings is 1. The van der Waals surface area contributed by atoms with E-state index in [0.717, 1.165) is 5.82 Å². The Morgan fingerprint density at radius 2 is 1.40 bits per heavy atom. The molecule has 1 heterocycles. The smallest absolute Gasteiger partial charge is 0.105 e. The van der Waals surface area contributed by atoms with Gasteiger partial charge in [-0.1, -0.05) is 67.3 Å². The van der Waals surface area contributed by atoms with E-state index >= 15 is 0 Å². The van der Waals surface area contributed by atoms with E-state index in [2.05, 4.69) is 39.5 Å². The number of aryl methyl sites for hydroxylation is 2. The molecule has 3 heteroatoms. The number of rotatable bonds is 12.